The Bertz CT molecular complexity index is 694. The minimum absolute atomic E-state index is 0.0185. The maximum Gasteiger partial charge on any atom is 0.251 e. The number of para-hydroxylation sites is 1. The third-order valence-electron chi connectivity index (χ3n) is 4.58. The van der Waals surface area contributed by atoms with Crippen LogP contribution in [0.15, 0.2) is 48.5 Å². The summed E-state index contributed by atoms with van der Waals surface area (Å²) < 4.78 is 5.45. The molecule has 2 N–H and O–H groups in total. The first-order chi connectivity index (χ1) is 11.8. The smallest absolute Gasteiger partial charge is 0.251 e. The number of piperidine rings is 1. The van der Waals surface area contributed by atoms with E-state index in [1.54, 1.807) is 7.11 Å². The van der Waals surface area contributed by atoms with Crippen molar-refractivity contribution in [2.45, 2.75) is 12.8 Å². The van der Waals surface area contributed by atoms with Crippen molar-refractivity contribution in [3.05, 3.63) is 54.1 Å². The number of methoxy groups -OCH3 is 1. The lowest BCUT2D eigenvalue weighted by atomic mass is 9.96. The highest BCUT2D eigenvalue weighted by Crippen LogP contribution is 2.32. The minimum Gasteiger partial charge on any atom is -0.496 e. The van der Waals surface area contributed by atoms with E-state index in [-0.39, 0.29) is 5.91 Å². The van der Waals surface area contributed by atoms with Crippen molar-refractivity contribution < 1.29 is 9.53 Å². The summed E-state index contributed by atoms with van der Waals surface area (Å²) in [6.07, 6.45) is 2.24. The molecule has 0 saturated carbocycles. The Morgan fingerprint density at radius 2 is 1.75 bits per heavy atom. The molecule has 1 heterocycles. The monoisotopic (exact) mass is 324 g/mol. The van der Waals surface area contributed by atoms with E-state index in [0.717, 1.165) is 49.4 Å². The van der Waals surface area contributed by atoms with E-state index in [1.807, 2.05) is 48.5 Å². The second kappa shape index (κ2) is 7.97. The molecule has 2 aromatic carbocycles. The molecule has 0 aliphatic carbocycles. The number of amides is 1. The average molecular weight is 324 g/mol. The SMILES string of the molecule is COc1ccccc1-c1ccccc1C(=O)NCC1CCNCC1. The predicted octanol–water partition coefficient (Wildman–Crippen LogP) is 3.09. The summed E-state index contributed by atoms with van der Waals surface area (Å²) in [5.41, 5.74) is 2.53. The van der Waals surface area contributed by atoms with Crippen molar-refractivity contribution in [3.63, 3.8) is 0 Å². The normalized spacial score (nSPS) is 15.0. The Hall–Kier alpha value is -2.33. The number of carbonyl (C=O) groups excluding carboxylic acids is 1. The van der Waals surface area contributed by atoms with Crippen molar-refractivity contribution in [1.82, 2.24) is 10.6 Å². The highest BCUT2D eigenvalue weighted by atomic mass is 16.5. The van der Waals surface area contributed by atoms with E-state index < -0.39 is 0 Å². The number of ether oxygens (including phenoxy) is 1. The first-order valence-electron chi connectivity index (χ1n) is 8.51. The van der Waals surface area contributed by atoms with Gasteiger partial charge < -0.3 is 15.4 Å². The molecular weight excluding hydrogens is 300 g/mol. The van der Waals surface area contributed by atoms with Crippen LogP contribution in [-0.2, 0) is 0 Å². The minimum atomic E-state index is -0.0185. The Morgan fingerprint density at radius 3 is 2.50 bits per heavy atom. The topological polar surface area (TPSA) is 50.4 Å². The van der Waals surface area contributed by atoms with E-state index in [4.69, 9.17) is 4.74 Å². The van der Waals surface area contributed by atoms with E-state index in [0.29, 0.717) is 11.5 Å². The van der Waals surface area contributed by atoms with Crippen LogP contribution in [0, 0.1) is 5.92 Å². The summed E-state index contributed by atoms with van der Waals surface area (Å²) in [4.78, 5) is 12.7. The molecule has 0 unspecified atom stereocenters. The Morgan fingerprint density at radius 1 is 1.08 bits per heavy atom. The highest BCUT2D eigenvalue weighted by molar-refractivity contribution is 6.01. The maximum absolute atomic E-state index is 12.7. The van der Waals surface area contributed by atoms with Crippen LogP contribution in [0.5, 0.6) is 5.75 Å². The number of nitrogens with one attached hydrogen (secondary N) is 2. The van der Waals surface area contributed by atoms with Crippen LogP contribution >= 0.6 is 0 Å². The Kier molecular flexibility index (Phi) is 5.49. The Balaban J connectivity index is 1.79. The molecule has 126 valence electrons. The van der Waals surface area contributed by atoms with Gasteiger partial charge in [0.1, 0.15) is 5.75 Å². The van der Waals surface area contributed by atoms with Gasteiger partial charge in [-0.25, -0.2) is 0 Å². The summed E-state index contributed by atoms with van der Waals surface area (Å²) >= 11 is 0. The van der Waals surface area contributed by atoms with Crippen molar-refractivity contribution in [2.75, 3.05) is 26.7 Å². The highest BCUT2D eigenvalue weighted by Gasteiger charge is 2.17. The van der Waals surface area contributed by atoms with Crippen LogP contribution in [0.25, 0.3) is 11.1 Å². The quantitative estimate of drug-likeness (QED) is 0.888. The molecule has 24 heavy (non-hydrogen) atoms. The first kappa shape index (κ1) is 16.5. The van der Waals surface area contributed by atoms with Crippen LogP contribution in [0.1, 0.15) is 23.2 Å². The lowest BCUT2D eigenvalue weighted by molar-refractivity contribution is 0.0945. The van der Waals surface area contributed by atoms with E-state index in [1.165, 1.54) is 0 Å². The van der Waals surface area contributed by atoms with Crippen LogP contribution < -0.4 is 15.4 Å². The van der Waals surface area contributed by atoms with E-state index in [9.17, 15) is 4.79 Å². The summed E-state index contributed by atoms with van der Waals surface area (Å²) in [6.45, 7) is 2.82. The molecule has 1 fully saturated rings. The van der Waals surface area contributed by atoms with Crippen LogP contribution in [-0.4, -0.2) is 32.7 Å². The van der Waals surface area contributed by atoms with Crippen molar-refractivity contribution in [3.8, 4) is 16.9 Å². The summed E-state index contributed by atoms with van der Waals surface area (Å²) in [5.74, 6) is 1.32. The lowest BCUT2D eigenvalue weighted by Crippen LogP contribution is -2.36. The fraction of sp³-hybridized carbons (Fsp3) is 0.350. The van der Waals surface area contributed by atoms with Gasteiger partial charge in [0.25, 0.3) is 5.91 Å². The summed E-state index contributed by atoms with van der Waals surface area (Å²) in [6, 6.07) is 15.5. The number of benzene rings is 2. The molecule has 1 aliphatic rings. The van der Waals surface area contributed by atoms with Crippen molar-refractivity contribution in [2.24, 2.45) is 5.92 Å². The maximum atomic E-state index is 12.7. The van der Waals surface area contributed by atoms with Gasteiger partial charge in [-0.2, -0.15) is 0 Å². The molecular formula is C20H24N2O2. The zero-order valence-corrected chi connectivity index (χ0v) is 14.0. The molecule has 0 spiro atoms. The van der Waals surface area contributed by atoms with Gasteiger partial charge in [-0.3, -0.25) is 4.79 Å². The number of hydrogen-bond acceptors (Lipinski definition) is 3. The largest absolute Gasteiger partial charge is 0.496 e. The number of hydrogen-bond donors (Lipinski definition) is 2. The third-order valence-corrected chi connectivity index (χ3v) is 4.58. The number of carbonyl (C=O) groups is 1. The van der Waals surface area contributed by atoms with Gasteiger partial charge >= 0.3 is 0 Å². The molecule has 1 saturated heterocycles. The van der Waals surface area contributed by atoms with Gasteiger partial charge in [-0.15, -0.1) is 0 Å². The average Bonchev–Trinajstić information content (AvgIpc) is 2.67. The summed E-state index contributed by atoms with van der Waals surface area (Å²) in [7, 11) is 1.65. The number of rotatable bonds is 5. The van der Waals surface area contributed by atoms with Crippen LogP contribution in [0.3, 0.4) is 0 Å². The zero-order chi connectivity index (χ0) is 16.8. The van der Waals surface area contributed by atoms with Gasteiger partial charge in [-0.05, 0) is 49.5 Å². The molecule has 0 bridgehead atoms. The third kappa shape index (κ3) is 3.77. The second-order valence-electron chi connectivity index (χ2n) is 6.15. The Labute approximate surface area is 143 Å². The van der Waals surface area contributed by atoms with Crippen LogP contribution in [0.4, 0.5) is 0 Å². The first-order valence-corrected chi connectivity index (χ1v) is 8.51. The van der Waals surface area contributed by atoms with E-state index >= 15 is 0 Å². The zero-order valence-electron chi connectivity index (χ0n) is 14.0. The molecule has 3 rings (SSSR count). The van der Waals surface area contributed by atoms with Gasteiger partial charge in [0.15, 0.2) is 0 Å². The molecule has 0 aromatic heterocycles. The standard InChI is InChI=1S/C20H24N2O2/c1-24-19-9-5-4-7-17(19)16-6-2-3-8-18(16)20(23)22-14-15-10-12-21-13-11-15/h2-9,15,21H,10-14H2,1H3,(H,22,23). The second-order valence-corrected chi connectivity index (χ2v) is 6.15. The predicted molar refractivity (Wildman–Crippen MR) is 96.4 cm³/mol. The molecule has 4 heteroatoms. The molecule has 1 amide bonds. The lowest BCUT2D eigenvalue weighted by Gasteiger charge is -2.23. The van der Waals surface area contributed by atoms with Gasteiger partial charge in [0.2, 0.25) is 0 Å². The molecule has 1 aliphatic heterocycles. The molecule has 4 nitrogen and oxygen atoms in total. The van der Waals surface area contributed by atoms with Crippen LogP contribution in [0.2, 0.25) is 0 Å². The van der Waals surface area contributed by atoms with E-state index in [2.05, 4.69) is 10.6 Å². The molecule has 2 aromatic rings. The van der Waals surface area contributed by atoms with Crippen molar-refractivity contribution in [1.29, 1.82) is 0 Å². The van der Waals surface area contributed by atoms with Gasteiger partial charge in [0.05, 0.1) is 7.11 Å². The summed E-state index contributed by atoms with van der Waals surface area (Å²) in [5, 5.41) is 6.46. The molecule has 0 radical (unpaired) electrons. The molecule has 0 atom stereocenters. The van der Waals surface area contributed by atoms with Gasteiger partial charge in [-0.1, -0.05) is 36.4 Å². The fourth-order valence-corrected chi connectivity index (χ4v) is 3.20. The fourth-order valence-electron chi connectivity index (χ4n) is 3.20. The van der Waals surface area contributed by atoms with Gasteiger partial charge in [0, 0.05) is 17.7 Å². The van der Waals surface area contributed by atoms with Crippen molar-refractivity contribution >= 4 is 5.91 Å².